The second-order valence-corrected chi connectivity index (χ2v) is 3.00. The van der Waals surface area contributed by atoms with Crippen molar-refractivity contribution >= 4 is 11.7 Å². The molecule has 4 heteroatoms. The van der Waals surface area contributed by atoms with Gasteiger partial charge in [0.1, 0.15) is 5.75 Å². The quantitative estimate of drug-likeness (QED) is 0.752. The average molecular weight is 209 g/mol. The molecule has 0 saturated heterocycles. The molecule has 0 heterocycles. The molecule has 15 heavy (non-hydrogen) atoms. The van der Waals surface area contributed by atoms with E-state index in [1.165, 1.54) is 0 Å². The van der Waals surface area contributed by atoms with E-state index in [-0.39, 0.29) is 6.42 Å². The SMILES string of the molecule is CCOc1ccccc1NCCC(=O)O. The number of aliphatic carboxylic acids is 1. The lowest BCUT2D eigenvalue weighted by Crippen LogP contribution is -2.08. The van der Waals surface area contributed by atoms with Crippen molar-refractivity contribution in [2.45, 2.75) is 13.3 Å². The number of ether oxygens (including phenoxy) is 1. The van der Waals surface area contributed by atoms with E-state index < -0.39 is 5.97 Å². The summed E-state index contributed by atoms with van der Waals surface area (Å²) in [6, 6.07) is 7.48. The van der Waals surface area contributed by atoms with Crippen molar-refractivity contribution in [2.75, 3.05) is 18.5 Å². The molecule has 82 valence electrons. The second kappa shape index (κ2) is 5.90. The van der Waals surface area contributed by atoms with Gasteiger partial charge in [-0.1, -0.05) is 12.1 Å². The standard InChI is InChI=1S/C11H15NO3/c1-2-15-10-6-4-3-5-9(10)12-8-7-11(13)14/h3-6,12H,2,7-8H2,1H3,(H,13,14). The maximum absolute atomic E-state index is 10.3. The summed E-state index contributed by atoms with van der Waals surface area (Å²) in [5, 5.41) is 11.5. The summed E-state index contributed by atoms with van der Waals surface area (Å²) < 4.78 is 5.38. The van der Waals surface area contributed by atoms with Crippen LogP contribution in [0.5, 0.6) is 5.75 Å². The molecule has 0 aliphatic carbocycles. The second-order valence-electron chi connectivity index (χ2n) is 3.00. The van der Waals surface area contributed by atoms with Crippen molar-refractivity contribution in [3.05, 3.63) is 24.3 Å². The van der Waals surface area contributed by atoms with E-state index in [0.29, 0.717) is 13.2 Å². The number of rotatable bonds is 6. The van der Waals surface area contributed by atoms with Crippen molar-refractivity contribution in [3.63, 3.8) is 0 Å². The van der Waals surface area contributed by atoms with Crippen LogP contribution in [0.15, 0.2) is 24.3 Å². The molecule has 1 aromatic rings. The van der Waals surface area contributed by atoms with Gasteiger partial charge >= 0.3 is 5.97 Å². The fourth-order valence-corrected chi connectivity index (χ4v) is 1.20. The van der Waals surface area contributed by atoms with E-state index >= 15 is 0 Å². The Hall–Kier alpha value is -1.71. The number of hydrogen-bond acceptors (Lipinski definition) is 3. The Morgan fingerprint density at radius 3 is 2.87 bits per heavy atom. The Morgan fingerprint density at radius 2 is 2.20 bits per heavy atom. The molecule has 0 saturated carbocycles. The van der Waals surface area contributed by atoms with Crippen molar-refractivity contribution in [2.24, 2.45) is 0 Å². The molecule has 0 atom stereocenters. The average Bonchev–Trinajstić information content (AvgIpc) is 2.20. The molecule has 2 N–H and O–H groups in total. The number of nitrogens with one attached hydrogen (secondary N) is 1. The first-order chi connectivity index (χ1) is 7.24. The highest BCUT2D eigenvalue weighted by Gasteiger charge is 2.02. The maximum atomic E-state index is 10.3. The van der Waals surface area contributed by atoms with Gasteiger partial charge in [-0.15, -0.1) is 0 Å². The van der Waals surface area contributed by atoms with Crippen LogP contribution in [-0.2, 0) is 4.79 Å². The third-order valence-corrected chi connectivity index (χ3v) is 1.84. The van der Waals surface area contributed by atoms with Crippen LogP contribution in [0.3, 0.4) is 0 Å². The zero-order chi connectivity index (χ0) is 11.1. The van der Waals surface area contributed by atoms with E-state index in [2.05, 4.69) is 5.32 Å². The Kier molecular flexibility index (Phi) is 4.47. The van der Waals surface area contributed by atoms with E-state index in [9.17, 15) is 4.79 Å². The van der Waals surface area contributed by atoms with Crippen LogP contribution in [0, 0.1) is 0 Å². The summed E-state index contributed by atoms with van der Waals surface area (Å²) in [5.41, 5.74) is 0.834. The van der Waals surface area contributed by atoms with Crippen LogP contribution in [0.25, 0.3) is 0 Å². The Labute approximate surface area is 88.9 Å². The zero-order valence-corrected chi connectivity index (χ0v) is 8.69. The topological polar surface area (TPSA) is 58.6 Å². The normalized spacial score (nSPS) is 9.67. The van der Waals surface area contributed by atoms with Crippen LogP contribution in [0.1, 0.15) is 13.3 Å². The lowest BCUT2D eigenvalue weighted by atomic mass is 10.3. The fraction of sp³-hybridized carbons (Fsp3) is 0.364. The Bertz CT molecular complexity index is 325. The van der Waals surface area contributed by atoms with Crippen LogP contribution in [-0.4, -0.2) is 24.2 Å². The monoisotopic (exact) mass is 209 g/mol. The third-order valence-electron chi connectivity index (χ3n) is 1.84. The summed E-state index contributed by atoms with van der Waals surface area (Å²) in [6.45, 7) is 2.91. The highest BCUT2D eigenvalue weighted by molar-refractivity contribution is 5.68. The first-order valence-electron chi connectivity index (χ1n) is 4.91. The first-order valence-corrected chi connectivity index (χ1v) is 4.91. The molecule has 0 spiro atoms. The van der Waals surface area contributed by atoms with Gasteiger partial charge in [-0.2, -0.15) is 0 Å². The number of anilines is 1. The molecular weight excluding hydrogens is 194 g/mol. The van der Waals surface area contributed by atoms with Gasteiger partial charge in [-0.25, -0.2) is 0 Å². The van der Waals surface area contributed by atoms with Crippen molar-refractivity contribution in [1.82, 2.24) is 0 Å². The molecule has 0 aliphatic heterocycles. The van der Waals surface area contributed by atoms with Crippen molar-refractivity contribution in [3.8, 4) is 5.75 Å². The fourth-order valence-electron chi connectivity index (χ4n) is 1.20. The zero-order valence-electron chi connectivity index (χ0n) is 8.69. The van der Waals surface area contributed by atoms with E-state index in [0.717, 1.165) is 11.4 Å². The summed E-state index contributed by atoms with van der Waals surface area (Å²) in [7, 11) is 0. The molecule has 1 aromatic carbocycles. The Morgan fingerprint density at radius 1 is 1.47 bits per heavy atom. The van der Waals surface area contributed by atoms with Gasteiger partial charge in [0.25, 0.3) is 0 Å². The largest absolute Gasteiger partial charge is 0.492 e. The van der Waals surface area contributed by atoms with Crippen LogP contribution < -0.4 is 10.1 Å². The minimum Gasteiger partial charge on any atom is -0.492 e. The van der Waals surface area contributed by atoms with Crippen LogP contribution in [0.4, 0.5) is 5.69 Å². The van der Waals surface area contributed by atoms with E-state index in [1.54, 1.807) is 0 Å². The minimum absolute atomic E-state index is 0.0977. The molecule has 0 aliphatic rings. The Balaban J connectivity index is 2.55. The van der Waals surface area contributed by atoms with Crippen molar-refractivity contribution in [1.29, 1.82) is 0 Å². The number of carboxylic acid groups (broad SMARTS) is 1. The molecule has 0 bridgehead atoms. The summed E-state index contributed by atoms with van der Waals surface area (Å²) >= 11 is 0. The molecule has 0 aromatic heterocycles. The maximum Gasteiger partial charge on any atom is 0.305 e. The molecule has 0 fully saturated rings. The van der Waals surface area contributed by atoms with Crippen LogP contribution >= 0.6 is 0 Å². The lowest BCUT2D eigenvalue weighted by molar-refractivity contribution is -0.136. The number of hydrogen-bond donors (Lipinski definition) is 2. The smallest absolute Gasteiger partial charge is 0.305 e. The number of carbonyl (C=O) groups is 1. The number of para-hydroxylation sites is 2. The summed E-state index contributed by atoms with van der Waals surface area (Å²) in [6.07, 6.45) is 0.0977. The predicted molar refractivity (Wildman–Crippen MR) is 58.4 cm³/mol. The highest BCUT2D eigenvalue weighted by Crippen LogP contribution is 2.23. The van der Waals surface area contributed by atoms with E-state index in [4.69, 9.17) is 9.84 Å². The molecule has 0 amide bonds. The molecule has 4 nitrogen and oxygen atoms in total. The molecule has 0 unspecified atom stereocenters. The summed E-state index contributed by atoms with van der Waals surface area (Å²) in [4.78, 5) is 10.3. The van der Waals surface area contributed by atoms with Gasteiger partial charge in [0.2, 0.25) is 0 Å². The van der Waals surface area contributed by atoms with Gasteiger partial charge in [0.05, 0.1) is 18.7 Å². The number of carboxylic acids is 1. The molecule has 1 rings (SSSR count). The lowest BCUT2D eigenvalue weighted by Gasteiger charge is -2.10. The van der Waals surface area contributed by atoms with E-state index in [1.807, 2.05) is 31.2 Å². The van der Waals surface area contributed by atoms with Gasteiger partial charge in [-0.05, 0) is 19.1 Å². The predicted octanol–water partition coefficient (Wildman–Crippen LogP) is 1.97. The molecular formula is C11H15NO3. The van der Waals surface area contributed by atoms with Gasteiger partial charge in [0.15, 0.2) is 0 Å². The van der Waals surface area contributed by atoms with Crippen LogP contribution in [0.2, 0.25) is 0 Å². The van der Waals surface area contributed by atoms with Gasteiger partial charge in [0, 0.05) is 6.54 Å². The highest BCUT2D eigenvalue weighted by atomic mass is 16.5. The summed E-state index contributed by atoms with van der Waals surface area (Å²) in [5.74, 6) is -0.0539. The van der Waals surface area contributed by atoms with Gasteiger partial charge < -0.3 is 15.2 Å². The third kappa shape index (κ3) is 3.89. The molecule has 0 radical (unpaired) electrons. The number of benzene rings is 1. The van der Waals surface area contributed by atoms with Crippen molar-refractivity contribution < 1.29 is 14.6 Å². The van der Waals surface area contributed by atoms with Gasteiger partial charge in [-0.3, -0.25) is 4.79 Å². The minimum atomic E-state index is -0.809. The first kappa shape index (κ1) is 11.4.